The SMILES string of the molecule is C=CCN=C(NCC)NC(C)c1nc(C)c(C(=O)OCC)s1.I. The van der Waals surface area contributed by atoms with Crippen molar-refractivity contribution < 1.29 is 9.53 Å². The zero-order chi connectivity index (χ0) is 16.5. The molecule has 0 saturated heterocycles. The van der Waals surface area contributed by atoms with Gasteiger partial charge in [-0.1, -0.05) is 6.08 Å². The van der Waals surface area contributed by atoms with E-state index in [0.717, 1.165) is 11.6 Å². The summed E-state index contributed by atoms with van der Waals surface area (Å²) < 4.78 is 5.04. The molecule has 23 heavy (non-hydrogen) atoms. The molecule has 1 atom stereocenters. The van der Waals surface area contributed by atoms with E-state index in [1.807, 2.05) is 20.8 Å². The highest BCUT2D eigenvalue weighted by atomic mass is 127. The van der Waals surface area contributed by atoms with Crippen molar-refractivity contribution in [3.8, 4) is 0 Å². The number of hydrogen-bond acceptors (Lipinski definition) is 5. The molecule has 0 aliphatic rings. The topological polar surface area (TPSA) is 75.6 Å². The standard InChI is InChI=1S/C15H24N4O2S.HI/c1-6-9-17-15(16-7-2)19-11(5)13-18-10(4)12(22-13)14(20)21-8-3;/h6,11H,1,7-9H2,2-5H3,(H2,16,17,19);1H. The van der Waals surface area contributed by atoms with E-state index < -0.39 is 0 Å². The van der Waals surface area contributed by atoms with E-state index in [1.54, 1.807) is 13.0 Å². The molecule has 1 aromatic heterocycles. The van der Waals surface area contributed by atoms with E-state index in [0.29, 0.717) is 29.7 Å². The lowest BCUT2D eigenvalue weighted by atomic mass is 10.3. The smallest absolute Gasteiger partial charge is 0.350 e. The summed E-state index contributed by atoms with van der Waals surface area (Å²) in [5.41, 5.74) is 0.695. The van der Waals surface area contributed by atoms with Crippen molar-refractivity contribution in [2.75, 3.05) is 19.7 Å². The highest BCUT2D eigenvalue weighted by Crippen LogP contribution is 2.24. The fourth-order valence-corrected chi connectivity index (χ4v) is 2.69. The average molecular weight is 452 g/mol. The van der Waals surface area contributed by atoms with Gasteiger partial charge in [0.1, 0.15) is 9.88 Å². The van der Waals surface area contributed by atoms with Crippen LogP contribution in [0.1, 0.15) is 47.2 Å². The predicted octanol–water partition coefficient (Wildman–Crippen LogP) is 3.05. The first kappa shape index (κ1) is 21.8. The number of guanidine groups is 1. The zero-order valence-corrected chi connectivity index (χ0v) is 17.2. The van der Waals surface area contributed by atoms with Gasteiger partial charge in [0.2, 0.25) is 0 Å². The number of esters is 1. The minimum atomic E-state index is -0.316. The Bertz CT molecular complexity index is 546. The van der Waals surface area contributed by atoms with Gasteiger partial charge in [0.15, 0.2) is 5.96 Å². The third-order valence-corrected chi connectivity index (χ3v) is 4.04. The number of rotatable bonds is 7. The van der Waals surface area contributed by atoms with Crippen molar-refractivity contribution in [2.45, 2.75) is 33.7 Å². The number of carbonyl (C=O) groups is 1. The van der Waals surface area contributed by atoms with E-state index in [9.17, 15) is 4.79 Å². The van der Waals surface area contributed by atoms with Gasteiger partial charge in [0.05, 0.1) is 24.9 Å². The summed E-state index contributed by atoms with van der Waals surface area (Å²) in [4.78, 5) is 21.2. The molecule has 1 rings (SSSR count). The molecule has 0 amide bonds. The van der Waals surface area contributed by atoms with Crippen LogP contribution in [0.3, 0.4) is 0 Å². The van der Waals surface area contributed by atoms with Crippen molar-refractivity contribution in [1.29, 1.82) is 0 Å². The van der Waals surface area contributed by atoms with Gasteiger partial charge in [0, 0.05) is 6.54 Å². The van der Waals surface area contributed by atoms with Crippen LogP contribution in [0.25, 0.3) is 0 Å². The fourth-order valence-electron chi connectivity index (χ4n) is 1.73. The number of hydrogen-bond donors (Lipinski definition) is 2. The molecule has 8 heteroatoms. The molecule has 0 aliphatic carbocycles. The summed E-state index contributed by atoms with van der Waals surface area (Å²) in [5.74, 6) is 0.378. The number of nitrogens with one attached hydrogen (secondary N) is 2. The second-order valence-corrected chi connectivity index (χ2v) is 5.59. The number of ether oxygens (including phenoxy) is 1. The van der Waals surface area contributed by atoms with Crippen LogP contribution in [0.5, 0.6) is 0 Å². The average Bonchev–Trinajstić information content (AvgIpc) is 2.87. The monoisotopic (exact) mass is 452 g/mol. The van der Waals surface area contributed by atoms with Gasteiger partial charge in [-0.25, -0.2) is 14.8 Å². The number of aliphatic imine (C=N–C) groups is 1. The third-order valence-electron chi connectivity index (χ3n) is 2.72. The molecule has 0 saturated carbocycles. The summed E-state index contributed by atoms with van der Waals surface area (Å²) >= 11 is 1.35. The minimum Gasteiger partial charge on any atom is -0.462 e. The highest BCUT2D eigenvalue weighted by molar-refractivity contribution is 14.0. The van der Waals surface area contributed by atoms with Gasteiger partial charge in [-0.3, -0.25) is 0 Å². The van der Waals surface area contributed by atoms with Crippen molar-refractivity contribution in [2.24, 2.45) is 4.99 Å². The fraction of sp³-hybridized carbons (Fsp3) is 0.533. The lowest BCUT2D eigenvalue weighted by Gasteiger charge is -2.15. The van der Waals surface area contributed by atoms with Gasteiger partial charge >= 0.3 is 5.97 Å². The first-order valence-corrected chi connectivity index (χ1v) is 8.15. The second-order valence-electron chi connectivity index (χ2n) is 4.56. The molecule has 0 radical (unpaired) electrons. The Morgan fingerprint density at radius 3 is 2.78 bits per heavy atom. The van der Waals surface area contributed by atoms with Gasteiger partial charge in [-0.2, -0.15) is 0 Å². The largest absolute Gasteiger partial charge is 0.462 e. The van der Waals surface area contributed by atoms with Crippen LogP contribution in [0.2, 0.25) is 0 Å². The number of carbonyl (C=O) groups excluding carboxylic acids is 1. The highest BCUT2D eigenvalue weighted by Gasteiger charge is 2.19. The molecule has 0 aromatic carbocycles. The molecular formula is C15H25IN4O2S. The molecule has 1 heterocycles. The number of halogens is 1. The summed E-state index contributed by atoms with van der Waals surface area (Å²) in [5, 5.41) is 7.25. The van der Waals surface area contributed by atoms with Crippen molar-refractivity contribution >= 4 is 47.2 Å². The number of aromatic nitrogens is 1. The Morgan fingerprint density at radius 2 is 2.22 bits per heavy atom. The van der Waals surface area contributed by atoms with E-state index in [1.165, 1.54) is 11.3 Å². The maximum atomic E-state index is 11.8. The Hall–Kier alpha value is -1.16. The predicted molar refractivity (Wildman–Crippen MR) is 106 cm³/mol. The normalized spacial score (nSPS) is 12.1. The minimum absolute atomic E-state index is 0. The number of thiazole rings is 1. The Labute approximate surface area is 158 Å². The van der Waals surface area contributed by atoms with Crippen LogP contribution < -0.4 is 10.6 Å². The van der Waals surface area contributed by atoms with Crippen LogP contribution in [0.4, 0.5) is 0 Å². The Morgan fingerprint density at radius 1 is 1.52 bits per heavy atom. The molecule has 6 nitrogen and oxygen atoms in total. The van der Waals surface area contributed by atoms with Gasteiger partial charge in [-0.15, -0.1) is 41.9 Å². The lowest BCUT2D eigenvalue weighted by Crippen LogP contribution is -2.38. The summed E-state index contributed by atoms with van der Waals surface area (Å²) in [6, 6.07) is -0.0607. The summed E-state index contributed by atoms with van der Waals surface area (Å²) in [7, 11) is 0. The lowest BCUT2D eigenvalue weighted by molar-refractivity contribution is 0.0531. The maximum Gasteiger partial charge on any atom is 0.350 e. The third kappa shape index (κ3) is 6.86. The molecule has 0 spiro atoms. The van der Waals surface area contributed by atoms with Crippen LogP contribution >= 0.6 is 35.3 Å². The Balaban J connectivity index is 0.00000484. The van der Waals surface area contributed by atoms with Crippen LogP contribution in [-0.4, -0.2) is 36.6 Å². The molecule has 1 aromatic rings. The van der Waals surface area contributed by atoms with Gasteiger partial charge < -0.3 is 15.4 Å². The van der Waals surface area contributed by atoms with Crippen LogP contribution in [-0.2, 0) is 4.74 Å². The van der Waals surface area contributed by atoms with Crippen molar-refractivity contribution in [3.05, 3.63) is 28.2 Å². The summed E-state index contributed by atoms with van der Waals surface area (Å²) in [6.07, 6.45) is 1.73. The zero-order valence-electron chi connectivity index (χ0n) is 14.0. The van der Waals surface area contributed by atoms with Crippen LogP contribution in [0.15, 0.2) is 17.6 Å². The first-order valence-electron chi connectivity index (χ1n) is 7.33. The number of nitrogens with zero attached hydrogens (tertiary/aromatic N) is 2. The first-order chi connectivity index (χ1) is 10.5. The second kappa shape index (κ2) is 11.4. The van der Waals surface area contributed by atoms with Gasteiger partial charge in [-0.05, 0) is 27.7 Å². The molecule has 0 bridgehead atoms. The van der Waals surface area contributed by atoms with Crippen LogP contribution in [0, 0.1) is 6.92 Å². The summed E-state index contributed by atoms with van der Waals surface area (Å²) in [6.45, 7) is 12.9. The molecular weight excluding hydrogens is 427 g/mol. The van der Waals surface area contributed by atoms with Gasteiger partial charge in [0.25, 0.3) is 0 Å². The van der Waals surface area contributed by atoms with E-state index in [4.69, 9.17) is 4.74 Å². The maximum absolute atomic E-state index is 11.8. The van der Waals surface area contributed by atoms with Crippen molar-refractivity contribution in [1.82, 2.24) is 15.6 Å². The quantitative estimate of drug-likeness (QED) is 0.219. The van der Waals surface area contributed by atoms with E-state index in [2.05, 4.69) is 27.2 Å². The van der Waals surface area contributed by atoms with Crippen molar-refractivity contribution in [3.63, 3.8) is 0 Å². The molecule has 0 aliphatic heterocycles. The number of aryl methyl sites for hydroxylation is 1. The Kier molecular flexibility index (Phi) is 10.8. The molecule has 2 N–H and O–H groups in total. The van der Waals surface area contributed by atoms with E-state index >= 15 is 0 Å². The molecule has 1 unspecified atom stereocenters. The van der Waals surface area contributed by atoms with E-state index in [-0.39, 0.29) is 36.0 Å². The molecule has 130 valence electrons. The molecule has 0 fully saturated rings.